The molecule has 0 spiro atoms. The van der Waals surface area contributed by atoms with Crippen LogP contribution in [0.2, 0.25) is 0 Å². The Hall–Kier alpha value is -1.94. The average Bonchev–Trinajstić information content (AvgIpc) is 2.92. The van der Waals surface area contributed by atoms with E-state index in [9.17, 15) is 4.21 Å². The second kappa shape index (κ2) is 6.22. The molecule has 1 aliphatic rings. The van der Waals surface area contributed by atoms with E-state index in [1.165, 1.54) is 0 Å². The molecule has 1 aliphatic heterocycles. The van der Waals surface area contributed by atoms with E-state index in [1.54, 1.807) is 6.26 Å². The minimum atomic E-state index is -0.932. The highest BCUT2D eigenvalue weighted by Gasteiger charge is 2.36. The van der Waals surface area contributed by atoms with Gasteiger partial charge < -0.3 is 4.84 Å². The summed E-state index contributed by atoms with van der Waals surface area (Å²) in [6, 6.07) is 20.2. The lowest BCUT2D eigenvalue weighted by Gasteiger charge is -2.19. The van der Waals surface area contributed by atoms with Gasteiger partial charge in [0, 0.05) is 17.1 Å². The topological polar surface area (TPSA) is 38.7 Å². The van der Waals surface area contributed by atoms with E-state index in [-0.39, 0.29) is 12.0 Å². The molecule has 2 aromatic rings. The van der Waals surface area contributed by atoms with Gasteiger partial charge in [0.05, 0.1) is 17.4 Å². The molecule has 21 heavy (non-hydrogen) atoms. The van der Waals surface area contributed by atoms with Gasteiger partial charge in [-0.05, 0) is 11.1 Å². The van der Waals surface area contributed by atoms with Crippen molar-refractivity contribution in [2.75, 3.05) is 12.0 Å². The Bertz CT molecular complexity index is 655. The Labute approximate surface area is 127 Å². The summed E-state index contributed by atoms with van der Waals surface area (Å²) in [6.07, 6.45) is 1.55. The van der Waals surface area contributed by atoms with E-state index < -0.39 is 10.8 Å². The van der Waals surface area contributed by atoms with Crippen molar-refractivity contribution in [1.29, 1.82) is 0 Å². The zero-order valence-corrected chi connectivity index (χ0v) is 12.6. The SMILES string of the molecule is CS(=O)CC1=NO[C@@H](c2ccccc2)[C@@H]1c1ccccc1. The highest BCUT2D eigenvalue weighted by molar-refractivity contribution is 7.85. The zero-order chi connectivity index (χ0) is 14.7. The third-order valence-electron chi connectivity index (χ3n) is 3.58. The second-order valence-electron chi connectivity index (χ2n) is 5.13. The summed E-state index contributed by atoms with van der Waals surface area (Å²) in [4.78, 5) is 5.67. The van der Waals surface area contributed by atoms with Gasteiger partial charge in [0.15, 0.2) is 6.10 Å². The fourth-order valence-electron chi connectivity index (χ4n) is 2.66. The molecule has 0 saturated carbocycles. The summed E-state index contributed by atoms with van der Waals surface area (Å²) in [5.74, 6) is 0.473. The Balaban J connectivity index is 1.97. The molecule has 0 aliphatic carbocycles. The van der Waals surface area contributed by atoms with Crippen molar-refractivity contribution in [1.82, 2.24) is 0 Å². The first kappa shape index (κ1) is 14.0. The van der Waals surface area contributed by atoms with Crippen molar-refractivity contribution < 1.29 is 9.05 Å². The smallest absolute Gasteiger partial charge is 0.164 e. The Morgan fingerprint density at radius 3 is 2.14 bits per heavy atom. The monoisotopic (exact) mass is 299 g/mol. The molecule has 4 heteroatoms. The number of hydrogen-bond acceptors (Lipinski definition) is 3. The molecular formula is C17H17NO2S. The van der Waals surface area contributed by atoms with E-state index in [1.807, 2.05) is 48.5 Å². The molecule has 108 valence electrons. The lowest BCUT2D eigenvalue weighted by molar-refractivity contribution is 0.0763. The highest BCUT2D eigenvalue weighted by Crippen LogP contribution is 2.39. The van der Waals surface area contributed by atoms with Gasteiger partial charge in [-0.1, -0.05) is 65.8 Å². The Kier molecular flexibility index (Phi) is 4.15. The molecule has 0 amide bonds. The fourth-order valence-corrected chi connectivity index (χ4v) is 3.31. The van der Waals surface area contributed by atoms with Crippen LogP contribution in [0.15, 0.2) is 65.8 Å². The Morgan fingerprint density at radius 2 is 1.57 bits per heavy atom. The predicted octanol–water partition coefficient (Wildman–Crippen LogP) is 3.28. The molecule has 3 atom stereocenters. The van der Waals surface area contributed by atoms with Crippen molar-refractivity contribution in [3.05, 3.63) is 71.8 Å². The number of hydrogen-bond donors (Lipinski definition) is 0. The maximum absolute atomic E-state index is 11.6. The van der Waals surface area contributed by atoms with Crippen LogP contribution in [0.25, 0.3) is 0 Å². The summed E-state index contributed by atoms with van der Waals surface area (Å²) in [6.45, 7) is 0. The molecule has 2 aromatic carbocycles. The van der Waals surface area contributed by atoms with Crippen LogP contribution in [0.3, 0.4) is 0 Å². The average molecular weight is 299 g/mol. The first-order valence-corrected chi connectivity index (χ1v) is 8.61. The molecule has 1 heterocycles. The number of oxime groups is 1. The van der Waals surface area contributed by atoms with E-state index in [2.05, 4.69) is 17.3 Å². The molecule has 0 bridgehead atoms. The van der Waals surface area contributed by atoms with E-state index in [0.717, 1.165) is 16.8 Å². The summed E-state index contributed by atoms with van der Waals surface area (Å²) in [5, 5.41) is 4.22. The molecule has 3 nitrogen and oxygen atoms in total. The van der Waals surface area contributed by atoms with Gasteiger partial charge in [0.2, 0.25) is 0 Å². The standard InChI is InChI=1S/C17H17NO2S/c1-21(19)12-15-16(13-8-4-2-5-9-13)17(20-18-15)14-10-6-3-7-11-14/h2-11,16-17H,12H2,1H3/t16-,17+,21?/m1/s1. The molecule has 0 saturated heterocycles. The van der Waals surface area contributed by atoms with Crippen LogP contribution in [-0.2, 0) is 15.6 Å². The molecular weight excluding hydrogens is 282 g/mol. The third kappa shape index (κ3) is 3.05. The number of nitrogens with zero attached hydrogens (tertiary/aromatic N) is 1. The van der Waals surface area contributed by atoms with Crippen molar-refractivity contribution >= 4 is 16.5 Å². The van der Waals surface area contributed by atoms with Crippen LogP contribution in [0.4, 0.5) is 0 Å². The van der Waals surface area contributed by atoms with E-state index >= 15 is 0 Å². The Morgan fingerprint density at radius 1 is 1.00 bits per heavy atom. The van der Waals surface area contributed by atoms with Crippen LogP contribution in [0, 0.1) is 0 Å². The van der Waals surface area contributed by atoms with Gasteiger partial charge in [0.1, 0.15) is 0 Å². The summed E-state index contributed by atoms with van der Waals surface area (Å²) in [5.41, 5.74) is 3.09. The molecule has 0 aromatic heterocycles. The first-order chi connectivity index (χ1) is 10.3. The number of rotatable bonds is 4. The van der Waals surface area contributed by atoms with Crippen LogP contribution in [0.5, 0.6) is 0 Å². The van der Waals surface area contributed by atoms with Gasteiger partial charge in [-0.15, -0.1) is 0 Å². The van der Waals surface area contributed by atoms with E-state index in [4.69, 9.17) is 4.84 Å². The largest absolute Gasteiger partial charge is 0.387 e. The summed E-state index contributed by atoms with van der Waals surface area (Å²) in [7, 11) is -0.932. The molecule has 0 N–H and O–H groups in total. The minimum Gasteiger partial charge on any atom is -0.387 e. The predicted molar refractivity (Wildman–Crippen MR) is 85.8 cm³/mol. The summed E-state index contributed by atoms with van der Waals surface area (Å²) >= 11 is 0. The van der Waals surface area contributed by atoms with Crippen LogP contribution in [0.1, 0.15) is 23.1 Å². The van der Waals surface area contributed by atoms with Crippen molar-refractivity contribution in [2.24, 2.45) is 5.16 Å². The van der Waals surface area contributed by atoms with Crippen LogP contribution < -0.4 is 0 Å². The molecule has 3 rings (SSSR count). The van der Waals surface area contributed by atoms with E-state index in [0.29, 0.717) is 5.75 Å². The van der Waals surface area contributed by atoms with Crippen LogP contribution >= 0.6 is 0 Å². The lowest BCUT2D eigenvalue weighted by Crippen LogP contribution is -2.20. The minimum absolute atomic E-state index is 0.0255. The highest BCUT2D eigenvalue weighted by atomic mass is 32.2. The van der Waals surface area contributed by atoms with Crippen molar-refractivity contribution in [3.8, 4) is 0 Å². The molecule has 0 radical (unpaired) electrons. The molecule has 0 fully saturated rings. The lowest BCUT2D eigenvalue weighted by atomic mass is 9.86. The third-order valence-corrected chi connectivity index (χ3v) is 4.29. The normalized spacial score (nSPS) is 22.4. The maximum atomic E-state index is 11.6. The summed E-state index contributed by atoms with van der Waals surface area (Å²) < 4.78 is 11.6. The van der Waals surface area contributed by atoms with Gasteiger partial charge >= 0.3 is 0 Å². The fraction of sp³-hybridized carbons (Fsp3) is 0.235. The van der Waals surface area contributed by atoms with Gasteiger partial charge in [-0.2, -0.15) is 0 Å². The molecule has 1 unspecified atom stereocenters. The van der Waals surface area contributed by atoms with Gasteiger partial charge in [0.25, 0.3) is 0 Å². The quantitative estimate of drug-likeness (QED) is 0.869. The van der Waals surface area contributed by atoms with Gasteiger partial charge in [-0.25, -0.2) is 0 Å². The van der Waals surface area contributed by atoms with Crippen LogP contribution in [-0.4, -0.2) is 21.9 Å². The zero-order valence-electron chi connectivity index (χ0n) is 11.8. The number of benzene rings is 2. The maximum Gasteiger partial charge on any atom is 0.164 e. The first-order valence-electron chi connectivity index (χ1n) is 6.88. The second-order valence-corrected chi connectivity index (χ2v) is 6.56. The van der Waals surface area contributed by atoms with Crippen molar-refractivity contribution in [2.45, 2.75) is 12.0 Å². The van der Waals surface area contributed by atoms with Gasteiger partial charge in [-0.3, -0.25) is 4.21 Å². The van der Waals surface area contributed by atoms with Crippen molar-refractivity contribution in [3.63, 3.8) is 0 Å².